The van der Waals surface area contributed by atoms with E-state index >= 15 is 0 Å². The van der Waals surface area contributed by atoms with Crippen LogP contribution in [-0.2, 0) is 17.3 Å². The average molecular weight is 322 g/mol. The van der Waals surface area contributed by atoms with Crippen molar-refractivity contribution in [2.75, 3.05) is 13.3 Å². The molecular weight excluding hydrogens is 306 g/mol. The molecule has 1 atom stereocenters. The van der Waals surface area contributed by atoms with E-state index < -0.39 is 10.8 Å². The second-order valence-corrected chi connectivity index (χ2v) is 6.59. The van der Waals surface area contributed by atoms with Crippen LogP contribution in [0.3, 0.4) is 0 Å². The van der Waals surface area contributed by atoms with Crippen molar-refractivity contribution in [3.63, 3.8) is 0 Å². The summed E-state index contributed by atoms with van der Waals surface area (Å²) in [4.78, 5) is 14.7. The van der Waals surface area contributed by atoms with Crippen LogP contribution in [0.5, 0.6) is 0 Å². The molecule has 0 unspecified atom stereocenters. The van der Waals surface area contributed by atoms with Crippen LogP contribution in [0.4, 0.5) is 0 Å². The molecule has 3 nitrogen and oxygen atoms in total. The predicted octanol–water partition coefficient (Wildman–Crippen LogP) is 3.35. The lowest BCUT2D eigenvalue weighted by atomic mass is 10.1. The van der Waals surface area contributed by atoms with Gasteiger partial charge in [-0.2, -0.15) is 0 Å². The number of amides is 1. The van der Waals surface area contributed by atoms with Gasteiger partial charge >= 0.3 is 0 Å². The Labute approximate surface area is 132 Å². The van der Waals surface area contributed by atoms with E-state index in [4.69, 9.17) is 11.6 Å². The minimum absolute atomic E-state index is 0.0802. The number of halogens is 1. The van der Waals surface area contributed by atoms with Crippen molar-refractivity contribution in [1.82, 2.24) is 4.90 Å². The molecule has 110 valence electrons. The molecular formula is C16H16ClNO2S. The monoisotopic (exact) mass is 321 g/mol. The molecule has 21 heavy (non-hydrogen) atoms. The molecule has 0 N–H and O–H groups in total. The highest BCUT2D eigenvalue weighted by molar-refractivity contribution is 7.84. The first kappa shape index (κ1) is 15.7. The van der Waals surface area contributed by atoms with Gasteiger partial charge in [0, 0.05) is 46.1 Å². The summed E-state index contributed by atoms with van der Waals surface area (Å²) in [5.74, 6) is -0.0802. The molecule has 2 aromatic rings. The van der Waals surface area contributed by atoms with E-state index in [-0.39, 0.29) is 5.91 Å². The molecule has 0 aromatic heterocycles. The normalized spacial score (nSPS) is 12.0. The predicted molar refractivity (Wildman–Crippen MR) is 86.0 cm³/mol. The molecule has 0 aliphatic heterocycles. The van der Waals surface area contributed by atoms with E-state index in [1.54, 1.807) is 48.5 Å². The van der Waals surface area contributed by atoms with Crippen molar-refractivity contribution in [3.05, 3.63) is 64.7 Å². The van der Waals surface area contributed by atoms with Crippen molar-refractivity contribution < 1.29 is 9.00 Å². The summed E-state index contributed by atoms with van der Waals surface area (Å²) in [6.45, 7) is 0.487. The fraction of sp³-hybridized carbons (Fsp3) is 0.188. The van der Waals surface area contributed by atoms with Gasteiger partial charge in [-0.05, 0) is 42.0 Å². The number of nitrogens with zero attached hydrogens (tertiary/aromatic N) is 1. The number of rotatable bonds is 4. The van der Waals surface area contributed by atoms with Gasteiger partial charge in [0.05, 0.1) is 0 Å². The van der Waals surface area contributed by atoms with Crippen LogP contribution in [0.1, 0.15) is 15.9 Å². The first-order valence-corrected chi connectivity index (χ1v) is 8.34. The second-order valence-electron chi connectivity index (χ2n) is 4.77. The van der Waals surface area contributed by atoms with Crippen molar-refractivity contribution in [1.29, 1.82) is 0 Å². The third-order valence-corrected chi connectivity index (χ3v) is 4.26. The van der Waals surface area contributed by atoms with Gasteiger partial charge in [-0.1, -0.05) is 23.7 Å². The zero-order valence-electron chi connectivity index (χ0n) is 11.9. The maximum Gasteiger partial charge on any atom is 0.253 e. The summed E-state index contributed by atoms with van der Waals surface area (Å²) >= 11 is 5.94. The number of hydrogen-bond acceptors (Lipinski definition) is 2. The third kappa shape index (κ3) is 4.16. The largest absolute Gasteiger partial charge is 0.337 e. The SMILES string of the molecule is CN(Cc1cccc(Cl)c1)C(=O)c1ccc([S@@](C)=O)cc1. The first-order valence-electron chi connectivity index (χ1n) is 6.41. The maximum atomic E-state index is 12.3. The minimum Gasteiger partial charge on any atom is -0.337 e. The summed E-state index contributed by atoms with van der Waals surface area (Å²) in [7, 11) is 0.710. The molecule has 0 spiro atoms. The number of benzene rings is 2. The van der Waals surface area contributed by atoms with E-state index in [0.29, 0.717) is 22.0 Å². The highest BCUT2D eigenvalue weighted by Crippen LogP contribution is 2.14. The summed E-state index contributed by atoms with van der Waals surface area (Å²) in [5.41, 5.74) is 1.55. The molecule has 0 radical (unpaired) electrons. The van der Waals surface area contributed by atoms with E-state index in [0.717, 1.165) is 5.56 Å². The quantitative estimate of drug-likeness (QED) is 0.866. The Kier molecular flexibility index (Phi) is 5.15. The zero-order chi connectivity index (χ0) is 15.4. The number of carbonyl (C=O) groups is 1. The number of hydrogen-bond donors (Lipinski definition) is 0. The van der Waals surface area contributed by atoms with Gasteiger partial charge in [-0.15, -0.1) is 0 Å². The highest BCUT2D eigenvalue weighted by atomic mass is 35.5. The Morgan fingerprint density at radius 1 is 1.19 bits per heavy atom. The van der Waals surface area contributed by atoms with Gasteiger partial charge in [0.1, 0.15) is 0 Å². The van der Waals surface area contributed by atoms with E-state index in [1.807, 2.05) is 18.2 Å². The number of carbonyl (C=O) groups excluding carboxylic acids is 1. The summed E-state index contributed by atoms with van der Waals surface area (Å²) in [6.07, 6.45) is 1.61. The second kappa shape index (κ2) is 6.87. The van der Waals surface area contributed by atoms with Crippen molar-refractivity contribution in [3.8, 4) is 0 Å². The molecule has 0 bridgehead atoms. The molecule has 5 heteroatoms. The van der Waals surface area contributed by atoms with E-state index in [9.17, 15) is 9.00 Å². The van der Waals surface area contributed by atoms with E-state index in [1.165, 1.54) is 0 Å². The van der Waals surface area contributed by atoms with Crippen LogP contribution in [0.25, 0.3) is 0 Å². The highest BCUT2D eigenvalue weighted by Gasteiger charge is 2.12. The molecule has 2 aromatic carbocycles. The van der Waals surface area contributed by atoms with Crippen LogP contribution < -0.4 is 0 Å². The lowest BCUT2D eigenvalue weighted by Gasteiger charge is -2.17. The lowest BCUT2D eigenvalue weighted by molar-refractivity contribution is 0.0785. The smallest absolute Gasteiger partial charge is 0.253 e. The molecule has 0 heterocycles. The average Bonchev–Trinajstić information content (AvgIpc) is 2.46. The van der Waals surface area contributed by atoms with Gasteiger partial charge in [0.15, 0.2) is 0 Å². The van der Waals surface area contributed by atoms with Crippen LogP contribution in [0, 0.1) is 0 Å². The van der Waals surface area contributed by atoms with Crippen LogP contribution in [0.2, 0.25) is 5.02 Å². The van der Waals surface area contributed by atoms with Crippen LogP contribution in [-0.4, -0.2) is 28.3 Å². The van der Waals surface area contributed by atoms with Crippen molar-refractivity contribution in [2.24, 2.45) is 0 Å². The summed E-state index contributed by atoms with van der Waals surface area (Å²) in [5, 5.41) is 0.656. The molecule has 1 amide bonds. The lowest BCUT2D eigenvalue weighted by Crippen LogP contribution is -2.26. The molecule has 0 fully saturated rings. The Morgan fingerprint density at radius 3 is 2.43 bits per heavy atom. The van der Waals surface area contributed by atoms with Gasteiger partial charge in [0.2, 0.25) is 0 Å². The fourth-order valence-corrected chi connectivity index (χ4v) is 2.72. The zero-order valence-corrected chi connectivity index (χ0v) is 13.4. The fourth-order valence-electron chi connectivity index (χ4n) is 1.99. The Morgan fingerprint density at radius 2 is 1.86 bits per heavy atom. The minimum atomic E-state index is -1.03. The Hall–Kier alpha value is -1.65. The first-order chi connectivity index (χ1) is 9.97. The van der Waals surface area contributed by atoms with Gasteiger partial charge < -0.3 is 4.90 Å². The van der Waals surface area contributed by atoms with Crippen LogP contribution >= 0.6 is 11.6 Å². The topological polar surface area (TPSA) is 37.4 Å². The maximum absolute atomic E-state index is 12.3. The standard InChI is InChI=1S/C16H16ClNO2S/c1-18(11-12-4-3-5-14(17)10-12)16(19)13-6-8-15(9-7-13)21(2)20/h3-10H,11H2,1-2H3/t21-/m1/s1. The van der Waals surface area contributed by atoms with Crippen LogP contribution in [0.15, 0.2) is 53.4 Å². The third-order valence-electron chi connectivity index (χ3n) is 3.09. The Balaban J connectivity index is 2.10. The Bertz CT molecular complexity index is 670. The summed E-state index contributed by atoms with van der Waals surface area (Å²) < 4.78 is 11.3. The summed E-state index contributed by atoms with van der Waals surface area (Å²) in [6, 6.07) is 14.3. The van der Waals surface area contributed by atoms with Crippen molar-refractivity contribution in [2.45, 2.75) is 11.4 Å². The molecule has 0 saturated heterocycles. The van der Waals surface area contributed by atoms with Gasteiger partial charge in [0.25, 0.3) is 5.91 Å². The van der Waals surface area contributed by atoms with Crippen molar-refractivity contribution >= 4 is 28.3 Å². The molecule has 0 saturated carbocycles. The molecule has 2 rings (SSSR count). The van der Waals surface area contributed by atoms with Gasteiger partial charge in [-0.25, -0.2) is 0 Å². The molecule has 0 aliphatic rings. The molecule has 0 aliphatic carbocycles. The van der Waals surface area contributed by atoms with Gasteiger partial charge in [-0.3, -0.25) is 9.00 Å². The van der Waals surface area contributed by atoms with E-state index in [2.05, 4.69) is 0 Å².